The van der Waals surface area contributed by atoms with Crippen LogP contribution in [0.1, 0.15) is 11.1 Å². The van der Waals surface area contributed by atoms with Crippen LogP contribution in [0.15, 0.2) is 69.9 Å². The Morgan fingerprint density at radius 3 is 2.30 bits per heavy atom. The van der Waals surface area contributed by atoms with Gasteiger partial charge in [-0.05, 0) is 48.7 Å². The van der Waals surface area contributed by atoms with Crippen LogP contribution in [0.5, 0.6) is 0 Å². The van der Waals surface area contributed by atoms with Crippen molar-refractivity contribution in [3.8, 4) is 11.1 Å². The summed E-state index contributed by atoms with van der Waals surface area (Å²) in [6, 6.07) is 19.6. The first-order valence-corrected chi connectivity index (χ1v) is 7.67. The van der Waals surface area contributed by atoms with Crippen molar-refractivity contribution in [3.63, 3.8) is 0 Å². The van der Waals surface area contributed by atoms with Crippen LogP contribution in [0.4, 0.5) is 0 Å². The van der Waals surface area contributed by atoms with Crippen molar-refractivity contribution in [3.05, 3.63) is 82.0 Å². The lowest BCUT2D eigenvalue weighted by molar-refractivity contribution is 0.659. The standard InChI is InChI=1S/C21H16O2/c1-13-7-9-15(10-8-13)17-11-14(2)12-19-20(17)21(22)16-5-3-4-6-18(16)23-19/h3-12H,1-2H3. The van der Waals surface area contributed by atoms with E-state index in [4.69, 9.17) is 4.42 Å². The summed E-state index contributed by atoms with van der Waals surface area (Å²) >= 11 is 0. The van der Waals surface area contributed by atoms with Gasteiger partial charge in [-0.1, -0.05) is 48.0 Å². The number of para-hydroxylation sites is 1. The third kappa shape index (κ3) is 2.23. The first-order valence-electron chi connectivity index (χ1n) is 7.67. The molecule has 0 amide bonds. The van der Waals surface area contributed by atoms with Crippen molar-refractivity contribution in [2.75, 3.05) is 0 Å². The van der Waals surface area contributed by atoms with Gasteiger partial charge in [-0.2, -0.15) is 0 Å². The van der Waals surface area contributed by atoms with Gasteiger partial charge in [0, 0.05) is 0 Å². The molecule has 0 aliphatic heterocycles. The van der Waals surface area contributed by atoms with E-state index in [1.807, 2.05) is 37.3 Å². The second-order valence-corrected chi connectivity index (χ2v) is 5.98. The lowest BCUT2D eigenvalue weighted by Crippen LogP contribution is -2.04. The minimum atomic E-state index is 0.0254. The van der Waals surface area contributed by atoms with Gasteiger partial charge in [0.05, 0.1) is 10.8 Å². The van der Waals surface area contributed by atoms with Crippen LogP contribution in [0.2, 0.25) is 0 Å². The van der Waals surface area contributed by atoms with Gasteiger partial charge in [-0.25, -0.2) is 0 Å². The Kier molecular flexibility index (Phi) is 3.05. The summed E-state index contributed by atoms with van der Waals surface area (Å²) in [5.41, 5.74) is 5.54. The molecule has 0 N–H and O–H groups in total. The molecule has 4 rings (SSSR count). The second kappa shape index (κ2) is 5.10. The van der Waals surface area contributed by atoms with Gasteiger partial charge in [0.1, 0.15) is 11.2 Å². The fraction of sp³-hybridized carbons (Fsp3) is 0.0952. The van der Waals surface area contributed by atoms with Crippen LogP contribution in [0.25, 0.3) is 33.1 Å². The van der Waals surface area contributed by atoms with E-state index in [0.29, 0.717) is 21.9 Å². The summed E-state index contributed by atoms with van der Waals surface area (Å²) in [4.78, 5) is 13.0. The Labute approximate surface area is 134 Å². The van der Waals surface area contributed by atoms with E-state index in [-0.39, 0.29) is 5.43 Å². The number of rotatable bonds is 1. The Hall–Kier alpha value is -2.87. The molecule has 0 atom stereocenters. The minimum Gasteiger partial charge on any atom is -0.456 e. The topological polar surface area (TPSA) is 30.2 Å². The molecule has 0 saturated carbocycles. The fourth-order valence-electron chi connectivity index (χ4n) is 3.03. The third-order valence-corrected chi connectivity index (χ3v) is 4.19. The molecule has 1 aromatic heterocycles. The van der Waals surface area contributed by atoms with E-state index in [1.165, 1.54) is 5.56 Å². The zero-order valence-corrected chi connectivity index (χ0v) is 13.1. The molecule has 3 aromatic carbocycles. The van der Waals surface area contributed by atoms with Crippen molar-refractivity contribution in [1.82, 2.24) is 0 Å². The summed E-state index contributed by atoms with van der Waals surface area (Å²) in [7, 11) is 0. The maximum atomic E-state index is 13.0. The van der Waals surface area contributed by atoms with E-state index in [2.05, 4.69) is 37.3 Å². The molecule has 23 heavy (non-hydrogen) atoms. The van der Waals surface area contributed by atoms with Crippen molar-refractivity contribution >= 4 is 21.9 Å². The molecular formula is C21H16O2. The number of aryl methyl sites for hydroxylation is 2. The van der Waals surface area contributed by atoms with Crippen LogP contribution in [-0.2, 0) is 0 Å². The molecule has 4 aromatic rings. The van der Waals surface area contributed by atoms with Gasteiger partial charge in [0.15, 0.2) is 0 Å². The Morgan fingerprint density at radius 1 is 0.783 bits per heavy atom. The van der Waals surface area contributed by atoms with Crippen LogP contribution in [-0.4, -0.2) is 0 Å². The van der Waals surface area contributed by atoms with Gasteiger partial charge in [-0.15, -0.1) is 0 Å². The van der Waals surface area contributed by atoms with Crippen LogP contribution >= 0.6 is 0 Å². The predicted octanol–water partition coefficient (Wildman–Crippen LogP) is 5.23. The Bertz CT molecular complexity index is 1090. The summed E-state index contributed by atoms with van der Waals surface area (Å²) in [6.07, 6.45) is 0. The summed E-state index contributed by atoms with van der Waals surface area (Å²) in [5.74, 6) is 0. The van der Waals surface area contributed by atoms with E-state index >= 15 is 0 Å². The average molecular weight is 300 g/mol. The Balaban J connectivity index is 2.17. The molecule has 2 nitrogen and oxygen atoms in total. The lowest BCUT2D eigenvalue weighted by Gasteiger charge is -2.09. The molecule has 0 saturated heterocycles. The van der Waals surface area contributed by atoms with Crippen molar-refractivity contribution < 1.29 is 4.42 Å². The highest BCUT2D eigenvalue weighted by atomic mass is 16.3. The summed E-state index contributed by atoms with van der Waals surface area (Å²) in [5, 5.41) is 1.27. The van der Waals surface area contributed by atoms with E-state index < -0.39 is 0 Å². The SMILES string of the molecule is Cc1ccc(-c2cc(C)cc3oc4ccccc4c(=O)c23)cc1. The van der Waals surface area contributed by atoms with E-state index in [1.54, 1.807) is 0 Å². The van der Waals surface area contributed by atoms with E-state index in [9.17, 15) is 4.79 Å². The van der Waals surface area contributed by atoms with Crippen LogP contribution in [0.3, 0.4) is 0 Å². The van der Waals surface area contributed by atoms with E-state index in [0.717, 1.165) is 16.7 Å². The first kappa shape index (κ1) is 13.8. The molecule has 0 spiro atoms. The maximum Gasteiger partial charge on any atom is 0.201 e. The quantitative estimate of drug-likeness (QED) is 0.451. The smallest absolute Gasteiger partial charge is 0.201 e. The lowest BCUT2D eigenvalue weighted by atomic mass is 9.97. The zero-order valence-electron chi connectivity index (χ0n) is 13.1. The number of hydrogen-bond donors (Lipinski definition) is 0. The van der Waals surface area contributed by atoms with Crippen molar-refractivity contribution in [2.45, 2.75) is 13.8 Å². The Morgan fingerprint density at radius 2 is 1.52 bits per heavy atom. The maximum absolute atomic E-state index is 13.0. The van der Waals surface area contributed by atoms with Gasteiger partial charge in [-0.3, -0.25) is 4.79 Å². The molecule has 0 fully saturated rings. The monoisotopic (exact) mass is 300 g/mol. The highest BCUT2D eigenvalue weighted by Gasteiger charge is 2.13. The molecule has 2 heteroatoms. The fourth-order valence-corrected chi connectivity index (χ4v) is 3.03. The first-order chi connectivity index (χ1) is 11.1. The highest BCUT2D eigenvalue weighted by molar-refractivity contribution is 5.99. The van der Waals surface area contributed by atoms with Crippen LogP contribution < -0.4 is 5.43 Å². The summed E-state index contributed by atoms with van der Waals surface area (Å²) < 4.78 is 5.99. The highest BCUT2D eigenvalue weighted by Crippen LogP contribution is 2.30. The molecule has 0 aliphatic carbocycles. The number of benzene rings is 3. The minimum absolute atomic E-state index is 0.0254. The third-order valence-electron chi connectivity index (χ3n) is 4.19. The van der Waals surface area contributed by atoms with Gasteiger partial charge < -0.3 is 4.42 Å². The molecule has 0 aliphatic rings. The number of hydrogen-bond acceptors (Lipinski definition) is 2. The average Bonchev–Trinajstić information content (AvgIpc) is 2.55. The number of fused-ring (bicyclic) bond motifs is 2. The molecule has 0 radical (unpaired) electrons. The molecular weight excluding hydrogens is 284 g/mol. The summed E-state index contributed by atoms with van der Waals surface area (Å²) in [6.45, 7) is 4.08. The normalized spacial score (nSPS) is 11.2. The molecule has 0 bridgehead atoms. The molecule has 112 valence electrons. The van der Waals surface area contributed by atoms with Gasteiger partial charge in [0.2, 0.25) is 5.43 Å². The second-order valence-electron chi connectivity index (χ2n) is 5.98. The largest absolute Gasteiger partial charge is 0.456 e. The van der Waals surface area contributed by atoms with Crippen molar-refractivity contribution in [2.24, 2.45) is 0 Å². The van der Waals surface area contributed by atoms with Gasteiger partial charge in [0.25, 0.3) is 0 Å². The van der Waals surface area contributed by atoms with Crippen molar-refractivity contribution in [1.29, 1.82) is 0 Å². The predicted molar refractivity (Wildman–Crippen MR) is 94.9 cm³/mol. The molecule has 0 unspecified atom stereocenters. The zero-order chi connectivity index (χ0) is 16.0. The van der Waals surface area contributed by atoms with Gasteiger partial charge >= 0.3 is 0 Å². The molecule has 1 heterocycles. The van der Waals surface area contributed by atoms with Crippen LogP contribution in [0, 0.1) is 13.8 Å².